The molecule has 24 heavy (non-hydrogen) atoms. The van der Waals surface area contributed by atoms with E-state index < -0.39 is 10.0 Å². The summed E-state index contributed by atoms with van der Waals surface area (Å²) in [5.41, 5.74) is 0. The summed E-state index contributed by atoms with van der Waals surface area (Å²) in [7, 11) is -1.72. The molecule has 130 valence electrons. The maximum atomic E-state index is 12.3. The van der Waals surface area contributed by atoms with Gasteiger partial charge in [0.05, 0.1) is 4.90 Å². The lowest BCUT2D eigenvalue weighted by atomic mass is 10.2. The first kappa shape index (κ1) is 16.9. The van der Waals surface area contributed by atoms with Crippen LogP contribution in [0, 0.1) is 0 Å². The van der Waals surface area contributed by atoms with Gasteiger partial charge in [0.2, 0.25) is 10.0 Å². The molecule has 2 heterocycles. The fraction of sp³-hybridized carbons (Fsp3) is 0.467. The van der Waals surface area contributed by atoms with Crippen LogP contribution in [-0.4, -0.2) is 42.3 Å². The Morgan fingerprint density at radius 3 is 2.79 bits per heavy atom. The van der Waals surface area contributed by atoms with Crippen molar-refractivity contribution in [3.8, 4) is 5.75 Å². The lowest BCUT2D eigenvalue weighted by Crippen LogP contribution is -2.37. The van der Waals surface area contributed by atoms with E-state index in [1.165, 1.54) is 18.5 Å². The van der Waals surface area contributed by atoms with E-state index >= 15 is 0 Å². The van der Waals surface area contributed by atoms with Gasteiger partial charge in [0.25, 0.3) is 0 Å². The Hall–Kier alpha value is -1.97. The third-order valence-corrected chi connectivity index (χ3v) is 5.43. The van der Waals surface area contributed by atoms with E-state index in [0.717, 1.165) is 19.4 Å². The van der Waals surface area contributed by atoms with Gasteiger partial charge in [-0.3, -0.25) is 4.68 Å². The van der Waals surface area contributed by atoms with E-state index in [9.17, 15) is 8.42 Å². The van der Waals surface area contributed by atoms with Gasteiger partial charge in [-0.1, -0.05) is 0 Å². The minimum absolute atomic E-state index is 0.216. The lowest BCUT2D eigenvalue weighted by molar-refractivity contribution is 0.289. The van der Waals surface area contributed by atoms with Crippen molar-refractivity contribution in [1.82, 2.24) is 24.8 Å². The van der Waals surface area contributed by atoms with Crippen LogP contribution in [0.15, 0.2) is 35.5 Å². The molecule has 2 aromatic rings. The molecule has 0 bridgehead atoms. The van der Waals surface area contributed by atoms with Gasteiger partial charge in [-0.15, -0.1) is 0 Å². The van der Waals surface area contributed by atoms with E-state index in [1.807, 2.05) is 0 Å². The summed E-state index contributed by atoms with van der Waals surface area (Å²) in [6, 6.07) is 6.57. The van der Waals surface area contributed by atoms with Crippen LogP contribution in [0.3, 0.4) is 0 Å². The summed E-state index contributed by atoms with van der Waals surface area (Å²) < 4.78 is 34.4. The Balaban J connectivity index is 1.57. The van der Waals surface area contributed by atoms with Crippen LogP contribution in [0.4, 0.5) is 0 Å². The zero-order chi connectivity index (χ0) is 17.0. The number of ether oxygens (including phenoxy) is 1. The van der Waals surface area contributed by atoms with Crippen molar-refractivity contribution >= 4 is 10.0 Å². The molecule has 1 fully saturated rings. The number of benzene rings is 1. The number of hydrogen-bond donors (Lipinski definition) is 2. The standard InChI is InChI=1S/C15H21N5O3S/c1-20-15(17-11-18-20)10-23-13-4-6-14(7-5-13)24(21,22)19-9-12-3-2-8-16-12/h4-7,11-12,16,19H,2-3,8-10H2,1H3. The van der Waals surface area contributed by atoms with Crippen molar-refractivity contribution in [3.63, 3.8) is 0 Å². The van der Waals surface area contributed by atoms with Crippen molar-refractivity contribution in [2.24, 2.45) is 7.05 Å². The second kappa shape index (κ2) is 7.29. The Morgan fingerprint density at radius 1 is 1.38 bits per heavy atom. The minimum Gasteiger partial charge on any atom is -0.486 e. The third kappa shape index (κ3) is 4.11. The van der Waals surface area contributed by atoms with Gasteiger partial charge in [0, 0.05) is 19.6 Å². The van der Waals surface area contributed by atoms with Crippen LogP contribution < -0.4 is 14.8 Å². The summed E-state index contributed by atoms with van der Waals surface area (Å²) in [4.78, 5) is 4.29. The zero-order valence-electron chi connectivity index (χ0n) is 13.5. The van der Waals surface area contributed by atoms with Crippen molar-refractivity contribution in [3.05, 3.63) is 36.4 Å². The molecule has 2 N–H and O–H groups in total. The smallest absolute Gasteiger partial charge is 0.240 e. The van der Waals surface area contributed by atoms with Crippen molar-refractivity contribution < 1.29 is 13.2 Å². The fourth-order valence-corrected chi connectivity index (χ4v) is 3.62. The van der Waals surface area contributed by atoms with Gasteiger partial charge in [-0.2, -0.15) is 5.10 Å². The van der Waals surface area contributed by atoms with Crippen LogP contribution in [0.25, 0.3) is 0 Å². The van der Waals surface area contributed by atoms with Gasteiger partial charge in [-0.05, 0) is 43.7 Å². The lowest BCUT2D eigenvalue weighted by Gasteiger charge is -2.12. The number of hydrogen-bond acceptors (Lipinski definition) is 6. The quantitative estimate of drug-likeness (QED) is 0.750. The highest BCUT2D eigenvalue weighted by Gasteiger charge is 2.19. The normalized spacial score (nSPS) is 18.0. The Kier molecular flexibility index (Phi) is 5.12. The first-order valence-corrected chi connectivity index (χ1v) is 9.32. The van der Waals surface area contributed by atoms with Gasteiger partial charge in [-0.25, -0.2) is 18.1 Å². The van der Waals surface area contributed by atoms with E-state index in [4.69, 9.17) is 4.74 Å². The molecule has 1 aliphatic rings. The summed E-state index contributed by atoms with van der Waals surface area (Å²) >= 11 is 0. The molecular weight excluding hydrogens is 330 g/mol. The number of rotatable bonds is 7. The summed E-state index contributed by atoms with van der Waals surface area (Å²) in [6.07, 6.45) is 3.54. The molecular formula is C15H21N5O3S. The van der Waals surface area contributed by atoms with Crippen molar-refractivity contribution in [2.75, 3.05) is 13.1 Å². The van der Waals surface area contributed by atoms with Gasteiger partial charge >= 0.3 is 0 Å². The number of nitrogens with one attached hydrogen (secondary N) is 2. The fourth-order valence-electron chi connectivity index (χ4n) is 2.54. The van der Waals surface area contributed by atoms with Crippen LogP contribution in [-0.2, 0) is 23.7 Å². The molecule has 1 saturated heterocycles. The number of sulfonamides is 1. The van der Waals surface area contributed by atoms with Crippen LogP contribution in [0.2, 0.25) is 0 Å². The molecule has 1 aromatic carbocycles. The molecule has 1 aliphatic heterocycles. The first-order valence-electron chi connectivity index (χ1n) is 7.83. The third-order valence-electron chi connectivity index (χ3n) is 3.99. The largest absolute Gasteiger partial charge is 0.486 e. The molecule has 0 saturated carbocycles. The molecule has 9 heteroatoms. The topological polar surface area (TPSA) is 98.1 Å². The van der Waals surface area contributed by atoms with E-state index in [2.05, 4.69) is 20.1 Å². The van der Waals surface area contributed by atoms with Crippen LogP contribution in [0.5, 0.6) is 5.75 Å². The predicted molar refractivity (Wildman–Crippen MR) is 88.0 cm³/mol. The number of nitrogens with zero attached hydrogens (tertiary/aromatic N) is 3. The second-order valence-corrected chi connectivity index (χ2v) is 7.47. The summed E-state index contributed by atoms with van der Waals surface area (Å²) in [5, 5.41) is 7.23. The molecule has 0 amide bonds. The minimum atomic E-state index is -3.50. The predicted octanol–water partition coefficient (Wildman–Crippen LogP) is 0.424. The SMILES string of the molecule is Cn1ncnc1COc1ccc(S(=O)(=O)NCC2CCCN2)cc1. The molecule has 0 radical (unpaired) electrons. The molecule has 0 aliphatic carbocycles. The Labute approximate surface area is 141 Å². The Morgan fingerprint density at radius 2 is 2.17 bits per heavy atom. The van der Waals surface area contributed by atoms with Crippen molar-refractivity contribution in [2.45, 2.75) is 30.4 Å². The van der Waals surface area contributed by atoms with Gasteiger partial charge in [0.15, 0.2) is 5.82 Å². The maximum Gasteiger partial charge on any atom is 0.240 e. The Bertz CT molecular complexity index is 767. The van der Waals surface area contributed by atoms with Gasteiger partial charge < -0.3 is 10.1 Å². The highest BCUT2D eigenvalue weighted by atomic mass is 32.2. The highest BCUT2D eigenvalue weighted by molar-refractivity contribution is 7.89. The highest BCUT2D eigenvalue weighted by Crippen LogP contribution is 2.17. The van der Waals surface area contributed by atoms with Gasteiger partial charge in [0.1, 0.15) is 18.7 Å². The van der Waals surface area contributed by atoms with Crippen LogP contribution >= 0.6 is 0 Å². The van der Waals surface area contributed by atoms with E-state index in [0.29, 0.717) is 18.1 Å². The molecule has 1 aromatic heterocycles. The summed E-state index contributed by atoms with van der Waals surface area (Å²) in [6.45, 7) is 1.63. The number of aryl methyl sites for hydroxylation is 1. The molecule has 1 unspecified atom stereocenters. The monoisotopic (exact) mass is 351 g/mol. The van der Waals surface area contributed by atoms with Crippen molar-refractivity contribution in [1.29, 1.82) is 0 Å². The average molecular weight is 351 g/mol. The number of aromatic nitrogens is 3. The molecule has 0 spiro atoms. The molecule has 3 rings (SSSR count). The molecule has 1 atom stereocenters. The molecule has 8 nitrogen and oxygen atoms in total. The second-order valence-electron chi connectivity index (χ2n) is 5.71. The maximum absolute atomic E-state index is 12.3. The zero-order valence-corrected chi connectivity index (χ0v) is 14.3. The average Bonchev–Trinajstić information content (AvgIpc) is 3.23. The first-order chi connectivity index (χ1) is 11.5. The van der Waals surface area contributed by atoms with E-state index in [-0.39, 0.29) is 17.5 Å². The summed E-state index contributed by atoms with van der Waals surface area (Å²) in [5.74, 6) is 1.27. The van der Waals surface area contributed by atoms with E-state index in [1.54, 1.807) is 23.9 Å². The van der Waals surface area contributed by atoms with Crippen LogP contribution in [0.1, 0.15) is 18.7 Å².